The number of nitriles is 1. The van der Waals surface area contributed by atoms with Crippen molar-refractivity contribution in [3.05, 3.63) is 64.4 Å². The average Bonchev–Trinajstić information content (AvgIpc) is 2.48. The second-order valence-corrected chi connectivity index (χ2v) is 5.80. The summed E-state index contributed by atoms with van der Waals surface area (Å²) in [5.74, 6) is -1.04. The molecule has 0 saturated carbocycles. The molecule has 0 spiro atoms. The smallest absolute Gasteiger partial charge is 0.235 e. The molecule has 2 rings (SSSR count). The topological polar surface area (TPSA) is 66.9 Å². The molecule has 2 aromatic carbocycles. The summed E-state index contributed by atoms with van der Waals surface area (Å²) in [5.41, 5.74) is 6.59. The van der Waals surface area contributed by atoms with E-state index in [0.29, 0.717) is 16.0 Å². The van der Waals surface area contributed by atoms with Crippen LogP contribution in [0.25, 0.3) is 0 Å². The monoisotopic (exact) mass is 320 g/mol. The highest BCUT2D eigenvalue weighted by Gasteiger charge is 2.19. The maximum absolute atomic E-state index is 13.1. The third-order valence-corrected chi connectivity index (χ3v) is 4.30. The fourth-order valence-electron chi connectivity index (χ4n) is 1.71. The first-order valence-electron chi connectivity index (χ1n) is 5.92. The van der Waals surface area contributed by atoms with Crippen molar-refractivity contribution in [3.8, 4) is 6.07 Å². The van der Waals surface area contributed by atoms with E-state index < -0.39 is 17.0 Å². The average molecular weight is 321 g/mol. The van der Waals surface area contributed by atoms with Gasteiger partial charge in [0.1, 0.15) is 11.1 Å². The minimum Gasteiger partial charge on any atom is -0.368 e. The summed E-state index contributed by atoms with van der Waals surface area (Å²) < 4.78 is 13.1. The second-order valence-electron chi connectivity index (χ2n) is 4.21. The molecule has 0 saturated heterocycles. The Morgan fingerprint density at radius 2 is 1.95 bits per heavy atom. The van der Waals surface area contributed by atoms with Crippen LogP contribution in [0.3, 0.4) is 0 Å². The lowest BCUT2D eigenvalue weighted by Crippen LogP contribution is -2.18. The number of amides is 1. The molecular formula is C15H10ClFN2OS. The number of hydrogen-bond acceptors (Lipinski definition) is 3. The van der Waals surface area contributed by atoms with Crippen molar-refractivity contribution < 1.29 is 9.18 Å². The minimum atomic E-state index is -0.640. The molecular weight excluding hydrogens is 311 g/mol. The summed E-state index contributed by atoms with van der Waals surface area (Å²) in [7, 11) is 0. The molecule has 0 aliphatic heterocycles. The van der Waals surface area contributed by atoms with Gasteiger partial charge in [0.05, 0.1) is 16.7 Å². The Morgan fingerprint density at radius 3 is 2.48 bits per heavy atom. The van der Waals surface area contributed by atoms with Gasteiger partial charge in [-0.25, -0.2) is 4.39 Å². The minimum absolute atomic E-state index is 0.0111. The summed E-state index contributed by atoms with van der Waals surface area (Å²) in [6, 6.07) is 12.8. The van der Waals surface area contributed by atoms with Crippen LogP contribution >= 0.6 is 23.4 Å². The van der Waals surface area contributed by atoms with E-state index >= 15 is 0 Å². The van der Waals surface area contributed by atoms with Gasteiger partial charge in [-0.3, -0.25) is 4.79 Å². The van der Waals surface area contributed by atoms with Crippen molar-refractivity contribution >= 4 is 29.3 Å². The summed E-state index contributed by atoms with van der Waals surface area (Å²) in [4.78, 5) is 12.3. The normalized spacial score (nSPS) is 11.7. The van der Waals surface area contributed by atoms with Crippen LogP contribution in [0.1, 0.15) is 16.4 Å². The molecule has 21 heavy (non-hydrogen) atoms. The van der Waals surface area contributed by atoms with E-state index in [1.54, 1.807) is 24.3 Å². The van der Waals surface area contributed by atoms with E-state index in [1.807, 2.05) is 6.07 Å². The number of hydrogen-bond donors (Lipinski definition) is 1. The summed E-state index contributed by atoms with van der Waals surface area (Å²) >= 11 is 6.90. The number of rotatable bonds is 4. The van der Waals surface area contributed by atoms with Gasteiger partial charge in [-0.2, -0.15) is 5.26 Å². The Balaban J connectivity index is 2.28. The molecule has 1 unspecified atom stereocenters. The molecule has 0 bridgehead atoms. The number of primary amides is 1. The van der Waals surface area contributed by atoms with Crippen molar-refractivity contribution in [3.63, 3.8) is 0 Å². The highest BCUT2D eigenvalue weighted by Crippen LogP contribution is 2.36. The zero-order valence-corrected chi connectivity index (χ0v) is 12.3. The zero-order valence-electron chi connectivity index (χ0n) is 10.7. The number of halogens is 2. The van der Waals surface area contributed by atoms with Crippen LogP contribution in [0.5, 0.6) is 0 Å². The number of carbonyl (C=O) groups is 1. The van der Waals surface area contributed by atoms with Crippen molar-refractivity contribution in [2.45, 2.75) is 10.1 Å². The quantitative estimate of drug-likeness (QED) is 0.874. The zero-order chi connectivity index (χ0) is 15.4. The fraction of sp³-hybridized carbons (Fsp3) is 0.0667. The maximum Gasteiger partial charge on any atom is 0.235 e. The Labute approximate surface area is 130 Å². The number of carbonyl (C=O) groups excluding carboxylic acids is 1. The van der Waals surface area contributed by atoms with Crippen LogP contribution in [-0.4, -0.2) is 5.91 Å². The Hall–Kier alpha value is -2.03. The van der Waals surface area contributed by atoms with Gasteiger partial charge >= 0.3 is 0 Å². The molecule has 0 aliphatic carbocycles. The maximum atomic E-state index is 13.1. The van der Waals surface area contributed by atoms with Crippen molar-refractivity contribution in [1.82, 2.24) is 0 Å². The first kappa shape index (κ1) is 15.4. The fourth-order valence-corrected chi connectivity index (χ4v) is 2.97. The molecule has 1 amide bonds. The molecule has 2 aromatic rings. The van der Waals surface area contributed by atoms with Gasteiger partial charge in [0, 0.05) is 4.90 Å². The first-order valence-corrected chi connectivity index (χ1v) is 7.18. The lowest BCUT2D eigenvalue weighted by molar-refractivity contribution is -0.117. The van der Waals surface area contributed by atoms with E-state index in [0.717, 1.165) is 0 Å². The van der Waals surface area contributed by atoms with E-state index in [9.17, 15) is 9.18 Å². The molecule has 106 valence electrons. The molecule has 0 aromatic heterocycles. The number of benzene rings is 2. The summed E-state index contributed by atoms with van der Waals surface area (Å²) in [6.07, 6.45) is 0. The standard InChI is InChI=1S/C15H10ClFN2OS/c16-12-7-11(5-6-13(12)17)21-14(15(19)20)10-3-1-9(8-18)2-4-10/h1-7,14H,(H2,19,20). The first-order chi connectivity index (χ1) is 10.0. The highest BCUT2D eigenvalue weighted by molar-refractivity contribution is 8.00. The van der Waals surface area contributed by atoms with Crippen LogP contribution in [0.4, 0.5) is 4.39 Å². The lowest BCUT2D eigenvalue weighted by Gasteiger charge is -2.14. The van der Waals surface area contributed by atoms with Gasteiger partial charge < -0.3 is 5.73 Å². The van der Waals surface area contributed by atoms with Crippen LogP contribution in [0.2, 0.25) is 5.02 Å². The van der Waals surface area contributed by atoms with E-state index in [1.165, 1.54) is 30.0 Å². The molecule has 3 nitrogen and oxygen atoms in total. The van der Waals surface area contributed by atoms with Crippen LogP contribution in [-0.2, 0) is 4.79 Å². The van der Waals surface area contributed by atoms with Crippen LogP contribution in [0, 0.1) is 17.1 Å². The second kappa shape index (κ2) is 6.61. The number of thioether (sulfide) groups is 1. The SMILES string of the molecule is N#Cc1ccc(C(Sc2ccc(F)c(Cl)c2)C(N)=O)cc1. The summed E-state index contributed by atoms with van der Waals surface area (Å²) in [5, 5.41) is 8.12. The third-order valence-electron chi connectivity index (χ3n) is 2.75. The molecule has 0 heterocycles. The van der Waals surface area contributed by atoms with Crippen LogP contribution < -0.4 is 5.73 Å². The van der Waals surface area contributed by atoms with Gasteiger partial charge in [-0.15, -0.1) is 11.8 Å². The van der Waals surface area contributed by atoms with Crippen molar-refractivity contribution in [2.75, 3.05) is 0 Å². The highest BCUT2D eigenvalue weighted by atomic mass is 35.5. The Bertz CT molecular complexity index is 713. The molecule has 0 radical (unpaired) electrons. The van der Waals surface area contributed by atoms with Gasteiger partial charge in [-0.05, 0) is 35.9 Å². The Kier molecular flexibility index (Phi) is 4.84. The Morgan fingerprint density at radius 1 is 1.29 bits per heavy atom. The number of nitrogens with zero attached hydrogens (tertiary/aromatic N) is 1. The van der Waals surface area contributed by atoms with Gasteiger partial charge in [0.25, 0.3) is 0 Å². The van der Waals surface area contributed by atoms with E-state index in [2.05, 4.69) is 0 Å². The van der Waals surface area contributed by atoms with Crippen molar-refractivity contribution in [1.29, 1.82) is 5.26 Å². The molecule has 0 fully saturated rings. The van der Waals surface area contributed by atoms with Gasteiger partial charge in [0.15, 0.2) is 0 Å². The molecule has 1 atom stereocenters. The predicted octanol–water partition coefficient (Wildman–Crippen LogP) is 3.67. The summed E-state index contributed by atoms with van der Waals surface area (Å²) in [6.45, 7) is 0. The van der Waals surface area contributed by atoms with Crippen molar-refractivity contribution in [2.24, 2.45) is 5.73 Å². The molecule has 6 heteroatoms. The molecule has 2 N–H and O–H groups in total. The van der Waals surface area contributed by atoms with Gasteiger partial charge in [0.2, 0.25) is 5.91 Å². The van der Waals surface area contributed by atoms with Crippen LogP contribution in [0.15, 0.2) is 47.4 Å². The third kappa shape index (κ3) is 3.75. The largest absolute Gasteiger partial charge is 0.368 e. The lowest BCUT2D eigenvalue weighted by atomic mass is 10.1. The predicted molar refractivity (Wildman–Crippen MR) is 80.4 cm³/mol. The van der Waals surface area contributed by atoms with Gasteiger partial charge in [-0.1, -0.05) is 23.7 Å². The molecule has 0 aliphatic rings. The van der Waals surface area contributed by atoms with E-state index in [-0.39, 0.29) is 5.02 Å². The van der Waals surface area contributed by atoms with E-state index in [4.69, 9.17) is 22.6 Å². The number of nitrogens with two attached hydrogens (primary N) is 1.